The van der Waals surface area contributed by atoms with Gasteiger partial charge in [0, 0.05) is 0 Å². The van der Waals surface area contributed by atoms with Gasteiger partial charge < -0.3 is 10.8 Å². The van der Waals surface area contributed by atoms with E-state index in [1.807, 2.05) is 0 Å². The van der Waals surface area contributed by atoms with Gasteiger partial charge in [-0.1, -0.05) is 6.42 Å². The maximum Gasteiger partial charge on any atom is 0.306 e. The number of carbonyl (C=O) groups is 1. The van der Waals surface area contributed by atoms with Crippen LogP contribution >= 0.6 is 0 Å². The van der Waals surface area contributed by atoms with Crippen molar-refractivity contribution in [1.82, 2.24) is 15.0 Å². The molecule has 0 aromatic carbocycles. The van der Waals surface area contributed by atoms with E-state index in [4.69, 9.17) is 10.8 Å². The number of aromatic nitrogens is 3. The Balaban J connectivity index is 2.07. The zero-order valence-corrected chi connectivity index (χ0v) is 8.33. The molecule has 1 aromatic heterocycles. The summed E-state index contributed by atoms with van der Waals surface area (Å²) in [6.07, 6.45) is 4.68. The van der Waals surface area contributed by atoms with Gasteiger partial charge in [-0.2, -0.15) is 9.90 Å². The molecule has 2 rings (SSSR count). The maximum absolute atomic E-state index is 10.9. The number of nitrogens with zero attached hydrogens (tertiary/aromatic N) is 3. The molecule has 1 aromatic rings. The van der Waals surface area contributed by atoms with Crippen molar-refractivity contribution in [3.05, 3.63) is 6.20 Å². The number of nitrogen functional groups attached to an aromatic ring is 1. The average molecular weight is 210 g/mol. The van der Waals surface area contributed by atoms with Crippen molar-refractivity contribution in [1.29, 1.82) is 0 Å². The third-order valence-electron chi connectivity index (χ3n) is 2.85. The average Bonchev–Trinajstić information content (AvgIpc) is 2.65. The lowest BCUT2D eigenvalue weighted by Crippen LogP contribution is -2.25. The molecule has 1 saturated carbocycles. The molecule has 0 amide bonds. The molecule has 0 bridgehead atoms. The molecule has 0 aliphatic heterocycles. The van der Waals surface area contributed by atoms with Gasteiger partial charge in [-0.25, -0.2) is 0 Å². The molecule has 1 aliphatic rings. The number of carboxylic acid groups (broad SMARTS) is 1. The van der Waals surface area contributed by atoms with E-state index in [9.17, 15) is 4.79 Å². The van der Waals surface area contributed by atoms with Crippen LogP contribution in [0, 0.1) is 5.92 Å². The molecule has 82 valence electrons. The van der Waals surface area contributed by atoms with Crippen molar-refractivity contribution < 1.29 is 9.90 Å². The summed E-state index contributed by atoms with van der Waals surface area (Å²) in [7, 11) is 0. The highest BCUT2D eigenvalue weighted by molar-refractivity contribution is 5.70. The molecule has 2 atom stereocenters. The third kappa shape index (κ3) is 2.08. The van der Waals surface area contributed by atoms with Crippen LogP contribution in [0.15, 0.2) is 6.20 Å². The first-order chi connectivity index (χ1) is 7.16. The monoisotopic (exact) mass is 210 g/mol. The third-order valence-corrected chi connectivity index (χ3v) is 2.85. The van der Waals surface area contributed by atoms with E-state index in [0.717, 1.165) is 19.3 Å². The molecule has 6 heteroatoms. The number of rotatable bonds is 2. The molecule has 3 N–H and O–H groups in total. The molecule has 0 spiro atoms. The number of hydrogen-bond donors (Lipinski definition) is 2. The highest BCUT2D eigenvalue weighted by Crippen LogP contribution is 2.31. The summed E-state index contributed by atoms with van der Waals surface area (Å²) < 4.78 is 0. The van der Waals surface area contributed by atoms with Crippen LogP contribution in [0.25, 0.3) is 0 Å². The molecule has 0 radical (unpaired) electrons. The van der Waals surface area contributed by atoms with Gasteiger partial charge in [0.15, 0.2) is 5.82 Å². The zero-order valence-electron chi connectivity index (χ0n) is 8.33. The lowest BCUT2D eigenvalue weighted by molar-refractivity contribution is -0.143. The summed E-state index contributed by atoms with van der Waals surface area (Å²) in [5, 5.41) is 17.0. The quantitative estimate of drug-likeness (QED) is 0.748. The summed E-state index contributed by atoms with van der Waals surface area (Å²) in [5.74, 6) is -0.608. The molecule has 6 nitrogen and oxygen atoms in total. The van der Waals surface area contributed by atoms with E-state index in [0.29, 0.717) is 12.2 Å². The minimum atomic E-state index is -0.722. The van der Waals surface area contributed by atoms with Crippen LogP contribution in [0.5, 0.6) is 0 Å². The summed E-state index contributed by atoms with van der Waals surface area (Å²) in [6.45, 7) is 0. The fourth-order valence-corrected chi connectivity index (χ4v) is 2.06. The van der Waals surface area contributed by atoms with Gasteiger partial charge in [0.2, 0.25) is 0 Å². The highest BCUT2D eigenvalue weighted by atomic mass is 16.4. The predicted molar refractivity (Wildman–Crippen MR) is 53.1 cm³/mol. The minimum Gasteiger partial charge on any atom is -0.481 e. The Morgan fingerprint density at radius 2 is 2.40 bits per heavy atom. The predicted octanol–water partition coefficient (Wildman–Crippen LogP) is 0.676. The number of anilines is 1. The SMILES string of the molecule is Nc1cnn(C2CCCC(C(=O)O)C2)n1. The van der Waals surface area contributed by atoms with Gasteiger partial charge in [-0.3, -0.25) is 4.79 Å². The van der Waals surface area contributed by atoms with Crippen LogP contribution in [-0.2, 0) is 4.79 Å². The van der Waals surface area contributed by atoms with Crippen molar-refractivity contribution in [2.75, 3.05) is 5.73 Å². The Bertz CT molecular complexity index is 363. The largest absolute Gasteiger partial charge is 0.481 e. The summed E-state index contributed by atoms with van der Waals surface area (Å²) in [5.41, 5.74) is 5.47. The summed E-state index contributed by atoms with van der Waals surface area (Å²) in [6, 6.07) is 0.0807. The van der Waals surface area contributed by atoms with Crippen molar-refractivity contribution in [2.45, 2.75) is 31.7 Å². The Kier molecular flexibility index (Phi) is 2.57. The van der Waals surface area contributed by atoms with E-state index in [-0.39, 0.29) is 12.0 Å². The van der Waals surface area contributed by atoms with Crippen LogP contribution in [0.2, 0.25) is 0 Å². The Labute approximate surface area is 87.1 Å². The molecular weight excluding hydrogens is 196 g/mol. The number of hydrogen-bond acceptors (Lipinski definition) is 4. The standard InChI is InChI=1S/C9H14N4O2/c10-8-5-11-13(12-8)7-3-1-2-6(4-7)9(14)15/h5-7H,1-4H2,(H2,10,12)(H,14,15). The lowest BCUT2D eigenvalue weighted by atomic mass is 9.86. The second-order valence-electron chi connectivity index (χ2n) is 3.95. The number of carboxylic acids is 1. The van der Waals surface area contributed by atoms with Crippen molar-refractivity contribution in [2.24, 2.45) is 5.92 Å². The molecule has 1 fully saturated rings. The molecule has 15 heavy (non-hydrogen) atoms. The first-order valence-corrected chi connectivity index (χ1v) is 5.07. The number of aliphatic carboxylic acids is 1. The van der Waals surface area contributed by atoms with Gasteiger partial charge in [-0.05, 0) is 19.3 Å². The molecule has 1 heterocycles. The summed E-state index contributed by atoms with van der Waals surface area (Å²) >= 11 is 0. The van der Waals surface area contributed by atoms with Crippen molar-refractivity contribution in [3.63, 3.8) is 0 Å². The second kappa shape index (κ2) is 3.88. The van der Waals surface area contributed by atoms with Crippen LogP contribution in [0.3, 0.4) is 0 Å². The van der Waals surface area contributed by atoms with Gasteiger partial charge in [0.05, 0.1) is 18.2 Å². The van der Waals surface area contributed by atoms with Gasteiger partial charge in [-0.15, -0.1) is 5.10 Å². The Hall–Kier alpha value is -1.59. The Morgan fingerprint density at radius 1 is 1.60 bits per heavy atom. The van der Waals surface area contributed by atoms with E-state index in [1.54, 1.807) is 4.80 Å². The van der Waals surface area contributed by atoms with Crippen LogP contribution < -0.4 is 5.73 Å². The minimum absolute atomic E-state index is 0.0807. The topological polar surface area (TPSA) is 94.0 Å². The maximum atomic E-state index is 10.9. The first kappa shape index (κ1) is 9.95. The van der Waals surface area contributed by atoms with E-state index in [1.165, 1.54) is 6.20 Å². The highest BCUT2D eigenvalue weighted by Gasteiger charge is 2.28. The molecule has 0 saturated heterocycles. The van der Waals surface area contributed by atoms with Crippen LogP contribution in [0.4, 0.5) is 5.82 Å². The van der Waals surface area contributed by atoms with Gasteiger partial charge in [0.1, 0.15) is 0 Å². The van der Waals surface area contributed by atoms with Crippen LogP contribution in [0.1, 0.15) is 31.7 Å². The second-order valence-corrected chi connectivity index (χ2v) is 3.95. The number of nitrogens with two attached hydrogens (primary N) is 1. The van der Waals surface area contributed by atoms with E-state index < -0.39 is 5.97 Å². The molecule has 2 unspecified atom stereocenters. The smallest absolute Gasteiger partial charge is 0.306 e. The fourth-order valence-electron chi connectivity index (χ4n) is 2.06. The zero-order chi connectivity index (χ0) is 10.8. The molecular formula is C9H14N4O2. The van der Waals surface area contributed by atoms with Crippen LogP contribution in [-0.4, -0.2) is 26.1 Å². The van der Waals surface area contributed by atoms with Gasteiger partial charge >= 0.3 is 5.97 Å². The van der Waals surface area contributed by atoms with Gasteiger partial charge in [0.25, 0.3) is 0 Å². The fraction of sp³-hybridized carbons (Fsp3) is 0.667. The van der Waals surface area contributed by atoms with E-state index in [2.05, 4.69) is 10.2 Å². The molecule has 1 aliphatic carbocycles. The lowest BCUT2D eigenvalue weighted by Gasteiger charge is -2.25. The van der Waals surface area contributed by atoms with E-state index >= 15 is 0 Å². The van der Waals surface area contributed by atoms with Crippen molar-refractivity contribution >= 4 is 11.8 Å². The normalized spacial score (nSPS) is 26.4. The summed E-state index contributed by atoms with van der Waals surface area (Å²) in [4.78, 5) is 12.4. The Morgan fingerprint density at radius 3 is 3.00 bits per heavy atom. The van der Waals surface area contributed by atoms with Crippen molar-refractivity contribution in [3.8, 4) is 0 Å². The first-order valence-electron chi connectivity index (χ1n) is 5.07.